The number of benzene rings is 13. The van der Waals surface area contributed by atoms with Gasteiger partial charge in [-0.15, -0.1) is 0 Å². The van der Waals surface area contributed by atoms with Crippen LogP contribution >= 0.6 is 46.4 Å². The third kappa shape index (κ3) is 30.9. The summed E-state index contributed by atoms with van der Waals surface area (Å²) >= 11 is 25.7. The molecule has 0 amide bonds. The van der Waals surface area contributed by atoms with E-state index in [1.807, 2.05) is 135 Å². The molecule has 782 valence electrons. The van der Waals surface area contributed by atoms with E-state index in [0.717, 1.165) is 68.2 Å². The molecule has 2 atom stereocenters. The zero-order valence-corrected chi connectivity index (χ0v) is 88.0. The van der Waals surface area contributed by atoms with E-state index in [1.54, 1.807) is 102 Å². The van der Waals surface area contributed by atoms with Crippen LogP contribution < -0.4 is 13.8 Å². The van der Waals surface area contributed by atoms with Gasteiger partial charge in [0, 0.05) is 104 Å². The average molecular weight is 2160 g/mol. The highest BCUT2D eigenvalue weighted by atomic mass is 35.5. The fourth-order valence-corrected chi connectivity index (χ4v) is 21.2. The van der Waals surface area contributed by atoms with Gasteiger partial charge in [-0.05, 0) is 240 Å². The van der Waals surface area contributed by atoms with E-state index in [-0.39, 0.29) is 103 Å². The number of hydrogen-bond donors (Lipinski definition) is 2. The predicted octanol–water partition coefficient (Wildman–Crippen LogP) is 28.9. The van der Waals surface area contributed by atoms with Crippen molar-refractivity contribution in [1.82, 2.24) is 19.4 Å². The third-order valence-corrected chi connectivity index (χ3v) is 29.6. The highest BCUT2D eigenvalue weighted by molar-refractivity contribution is 7.92. The lowest BCUT2D eigenvalue weighted by molar-refractivity contribution is -0.258. The second-order valence-corrected chi connectivity index (χ2v) is 42.5. The van der Waals surface area contributed by atoms with Crippen LogP contribution in [0.1, 0.15) is 178 Å². The van der Waals surface area contributed by atoms with Crippen molar-refractivity contribution >= 4 is 83.5 Å². The quantitative estimate of drug-likeness (QED) is 0.0275. The van der Waals surface area contributed by atoms with Gasteiger partial charge < -0.3 is 19.7 Å². The summed E-state index contributed by atoms with van der Waals surface area (Å²) in [4.78, 5) is 32.0. The molecule has 0 saturated heterocycles. The summed E-state index contributed by atoms with van der Waals surface area (Å²) in [7, 11) is -7.55. The van der Waals surface area contributed by atoms with Gasteiger partial charge in [-0.25, -0.2) is 30.6 Å². The fraction of sp³-hybridized carbons (Fsp3) is 0.284. The van der Waals surface area contributed by atoms with Gasteiger partial charge in [-0.1, -0.05) is 266 Å². The molecule has 1 heterocycles. The second-order valence-electron chi connectivity index (χ2n) is 37.1. The molecule has 14 aromatic rings. The number of carbonyl (C=O) groups is 2. The molecule has 148 heavy (non-hydrogen) atoms. The maximum absolute atomic E-state index is 15.9. The van der Waals surface area contributed by atoms with Gasteiger partial charge in [0.25, 0.3) is 10.0 Å². The monoisotopic (exact) mass is 2150 g/mol. The van der Waals surface area contributed by atoms with Crippen LogP contribution in [0.15, 0.2) is 325 Å². The van der Waals surface area contributed by atoms with Crippen molar-refractivity contribution in [3.8, 4) is 28.3 Å². The van der Waals surface area contributed by atoms with Gasteiger partial charge in [-0.3, -0.25) is 28.3 Å². The SMILES string of the molecule is CC(=O)Cc1cccc(OCCC(C)N(Cc2cccc(C(F)(F)F)c2Cl)CC(c2ccccc2)c2ccccc2)c1.CC(=O)Cc1cccc(OCCCN(Cc2cccc(C(F)(F)F)c2Cl)CC(c2ccccc2)c2ccccc2)c1.CCN(c1ccc(C(C)(O)C(F)(F)F)cc1)S(=O)(=O)c1ccccc1.CCc1c(F)cc(-c2ccc(-n3cc(C(C)(C)O)nc3C(C)(C)c3c(Cl)cccc3Cl)c(F)c2)cc1S(C)(=O)=O. The molecule has 15 nitrogen and oxygen atoms in total. The van der Waals surface area contributed by atoms with Gasteiger partial charge in [0.15, 0.2) is 15.4 Å². The second kappa shape index (κ2) is 51.0. The molecule has 13 aromatic carbocycles. The number of sulfonamides is 1. The fourth-order valence-electron chi connectivity index (χ4n) is 17.2. The van der Waals surface area contributed by atoms with E-state index in [0.29, 0.717) is 121 Å². The summed E-state index contributed by atoms with van der Waals surface area (Å²) in [6.45, 7) is 19.1. The Labute approximate surface area is 877 Å². The first-order valence-corrected chi connectivity index (χ1v) is 52.5. The zero-order valence-electron chi connectivity index (χ0n) is 83.3. The van der Waals surface area contributed by atoms with Crippen LogP contribution in [0.4, 0.5) is 54.0 Å². The van der Waals surface area contributed by atoms with E-state index >= 15 is 4.39 Å². The Morgan fingerprint density at radius 2 is 0.946 bits per heavy atom. The first-order valence-electron chi connectivity index (χ1n) is 47.7. The summed E-state index contributed by atoms with van der Waals surface area (Å²) in [5, 5.41) is 20.7. The number of halogens is 15. The third-order valence-electron chi connectivity index (χ3n) is 25.0. The number of rotatable bonds is 38. The standard InChI is InChI=1S/C35H35ClF3NO2.C34H33ClF3NO2.C30H30Cl2F2N2O3S.C17H18F3NO3S/c1-25(19-20-42-31-17-9-11-27(22-31)21-26(2)41)40(23-30-16-10-18-33(34(30)36)35(37,38)39)24-32(28-12-5-3-6-13-28)29-14-7-4-8-15-29;1-25(40)21-26-11-8-17-30(22-26)41-20-10-19-39(23-29-16-9-18-32(33(29)35)34(36,37)38)24-31(27-12-4-2-5-13-27)28-14-6-3-7-15-28;1-7-19-22(33)14-18(15-25(19)40(6,38)39)17-11-12-24(23(34)13-17)36-16-26(30(4,5)37)35-28(36)29(2,3)27-20(31)9-8-10-21(27)32;1-3-21(25(23,24)15-7-5-4-6-8-15)14-11-9-13(10-12-14)16(2,22)17(18,19)20/h3-18,22,25,32H,19-21,23-24H2,1-2H3;2-9,11-18,22,31H,10,19-21,23-24H2,1H3;8-16,37H,7H2,1-6H3;4-12,22H,3H2,1-2H3. The molecule has 0 aliphatic heterocycles. The number of anilines is 1. The topological polar surface area (TPSA) is 189 Å². The highest BCUT2D eigenvalue weighted by Crippen LogP contribution is 2.46. The summed E-state index contributed by atoms with van der Waals surface area (Å²) in [6, 6.07) is 87.9. The summed E-state index contributed by atoms with van der Waals surface area (Å²) in [5.74, 6) is 0.560. The molecule has 0 aliphatic rings. The molecule has 0 radical (unpaired) electrons. The first kappa shape index (κ1) is 116. The molecule has 0 aliphatic carbocycles. The van der Waals surface area contributed by atoms with Gasteiger partial charge in [0.2, 0.25) is 0 Å². The number of Topliss-reactive ketones (excluding diaryl/α,β-unsaturated/α-hetero) is 2. The van der Waals surface area contributed by atoms with Crippen molar-refractivity contribution in [2.45, 2.75) is 177 Å². The number of alkyl halides is 9. The van der Waals surface area contributed by atoms with Gasteiger partial charge in [0.1, 0.15) is 46.1 Å². The van der Waals surface area contributed by atoms with E-state index < -0.39 is 77.8 Å². The van der Waals surface area contributed by atoms with Crippen molar-refractivity contribution in [1.29, 1.82) is 0 Å². The minimum atomic E-state index is -4.84. The van der Waals surface area contributed by atoms with Gasteiger partial charge >= 0.3 is 18.5 Å². The molecule has 0 fully saturated rings. The molecule has 2 unspecified atom stereocenters. The predicted molar refractivity (Wildman–Crippen MR) is 563 cm³/mol. The minimum Gasteiger partial charge on any atom is -0.494 e. The average Bonchev–Trinajstić information content (AvgIpc) is 1.58. The Balaban J connectivity index is 0.000000190. The number of carbonyl (C=O) groups excluding carboxylic acids is 2. The number of ether oxygens (including phenoxy) is 2. The molecule has 32 heteroatoms. The molecule has 2 N–H and O–H groups in total. The summed E-state index contributed by atoms with van der Waals surface area (Å²) in [5.41, 5.74) is 1.67. The number of nitrogens with zero attached hydrogens (tertiary/aromatic N) is 5. The minimum absolute atomic E-state index is 0.00570. The van der Waals surface area contributed by atoms with Crippen molar-refractivity contribution in [3.05, 3.63) is 431 Å². The van der Waals surface area contributed by atoms with E-state index in [1.165, 1.54) is 65.2 Å². The van der Waals surface area contributed by atoms with Crippen molar-refractivity contribution < 1.29 is 94.4 Å². The number of hydrogen-bond acceptors (Lipinski definition) is 13. The zero-order chi connectivity index (χ0) is 108. The molecular weight excluding hydrogens is 2040 g/mol. The van der Waals surface area contributed by atoms with Gasteiger partial charge in [-0.2, -0.15) is 39.5 Å². The smallest absolute Gasteiger partial charge is 0.421 e. The lowest BCUT2D eigenvalue weighted by Crippen LogP contribution is -2.39. The Bertz CT molecular complexity index is 6950. The molecule has 0 spiro atoms. The van der Waals surface area contributed by atoms with E-state index in [4.69, 9.17) is 60.9 Å². The maximum Gasteiger partial charge on any atom is 0.421 e. The number of ketones is 2. The molecule has 14 rings (SSSR count). The van der Waals surface area contributed by atoms with Crippen molar-refractivity contribution in [2.24, 2.45) is 0 Å². The van der Waals surface area contributed by atoms with Crippen LogP contribution in [-0.2, 0) is 90.8 Å². The highest BCUT2D eigenvalue weighted by Gasteiger charge is 2.51. The Hall–Kier alpha value is -12.1. The maximum atomic E-state index is 15.9. The van der Waals surface area contributed by atoms with Crippen LogP contribution in [0, 0.1) is 11.6 Å². The van der Waals surface area contributed by atoms with Crippen LogP contribution in [0.2, 0.25) is 20.1 Å². The number of aliphatic hydroxyl groups is 2. The molecule has 1 aromatic heterocycles. The Kier molecular flexibility index (Phi) is 40.0. The van der Waals surface area contributed by atoms with Crippen molar-refractivity contribution in [3.63, 3.8) is 0 Å². The first-order chi connectivity index (χ1) is 69.8. The largest absolute Gasteiger partial charge is 0.494 e. The lowest BCUT2D eigenvalue weighted by atomic mass is 9.83. The summed E-state index contributed by atoms with van der Waals surface area (Å²) in [6.07, 6.45) is -9.17. The summed E-state index contributed by atoms with van der Waals surface area (Å²) < 4.78 is 216. The Morgan fingerprint density at radius 3 is 1.39 bits per heavy atom. The Morgan fingerprint density at radius 1 is 0.500 bits per heavy atom. The van der Waals surface area contributed by atoms with E-state index in [9.17, 15) is 80.5 Å². The van der Waals surface area contributed by atoms with Crippen LogP contribution in [0.3, 0.4) is 0 Å². The van der Waals surface area contributed by atoms with Crippen LogP contribution in [-0.4, -0.2) is 116 Å². The number of sulfone groups is 1. The molecular formula is C116H116Cl4F11N5O10S2. The normalized spacial score (nSPS) is 12.7. The molecule has 0 saturated carbocycles. The number of imidazole rings is 1. The van der Waals surface area contributed by atoms with Crippen LogP contribution in [0.25, 0.3) is 16.8 Å². The molecule has 0 bridgehead atoms. The van der Waals surface area contributed by atoms with Gasteiger partial charge in [0.05, 0.1) is 66.7 Å². The number of aromatic nitrogens is 2. The van der Waals surface area contributed by atoms with E-state index in [2.05, 4.69) is 65.3 Å². The van der Waals surface area contributed by atoms with Crippen molar-refractivity contribution in [2.75, 3.05) is 50.0 Å². The lowest BCUT2D eigenvalue weighted by Gasteiger charge is -2.34. The van der Waals surface area contributed by atoms with Crippen LogP contribution in [0.5, 0.6) is 11.5 Å².